The second kappa shape index (κ2) is 6.76. The number of rotatable bonds is 1. The normalized spacial score (nSPS) is 13.0. The molecule has 0 saturated heterocycles. The van der Waals surface area contributed by atoms with E-state index in [9.17, 15) is 4.79 Å². The average Bonchev–Trinajstić information content (AvgIpc) is 2.95. The van der Waals surface area contributed by atoms with Crippen LogP contribution in [0.25, 0.3) is 0 Å². The number of halogens is 1. The Labute approximate surface area is 139 Å². The predicted molar refractivity (Wildman–Crippen MR) is 87.1 cm³/mol. The number of hydrogen-bond acceptors (Lipinski definition) is 3. The summed E-state index contributed by atoms with van der Waals surface area (Å²) in [6.07, 6.45) is 1.37. The van der Waals surface area contributed by atoms with E-state index in [4.69, 9.17) is 16.3 Å². The molecule has 0 unspecified atom stereocenters. The molecule has 1 aliphatic rings. The predicted octanol–water partition coefficient (Wildman–Crippen LogP) is 2.91. The second-order valence-electron chi connectivity index (χ2n) is 5.09. The molecule has 2 aromatic rings. The standard InChI is InChI=1S/C17H16ClN3O2/c1-2-23-17(22)20-9-10-21-15(5-6-16(21)12-20)4-3-14-11-13(18)7-8-19-14/h5-8,11H,2,9-10,12H2,1H3. The molecule has 5 nitrogen and oxygen atoms in total. The van der Waals surface area contributed by atoms with Gasteiger partial charge in [0.2, 0.25) is 0 Å². The second-order valence-corrected chi connectivity index (χ2v) is 5.53. The molecule has 0 aliphatic carbocycles. The summed E-state index contributed by atoms with van der Waals surface area (Å²) in [4.78, 5) is 17.7. The summed E-state index contributed by atoms with van der Waals surface area (Å²) in [5, 5.41) is 0.617. The van der Waals surface area contributed by atoms with Crippen LogP contribution in [0.2, 0.25) is 5.02 Å². The molecular formula is C17H16ClN3O2. The van der Waals surface area contributed by atoms with Crippen LogP contribution >= 0.6 is 11.6 Å². The van der Waals surface area contributed by atoms with Gasteiger partial charge < -0.3 is 14.2 Å². The van der Waals surface area contributed by atoms with Gasteiger partial charge in [-0.1, -0.05) is 11.6 Å². The van der Waals surface area contributed by atoms with Gasteiger partial charge in [-0.25, -0.2) is 9.78 Å². The van der Waals surface area contributed by atoms with E-state index in [1.54, 1.807) is 23.2 Å². The molecule has 3 rings (SSSR count). The SMILES string of the molecule is CCOC(=O)N1CCn2c(C#Cc3cc(Cl)ccn3)ccc2C1. The number of carbonyl (C=O) groups is 1. The number of hydrogen-bond donors (Lipinski definition) is 0. The van der Waals surface area contributed by atoms with Crippen LogP contribution in [0, 0.1) is 11.8 Å². The van der Waals surface area contributed by atoms with Crippen LogP contribution in [0.1, 0.15) is 24.0 Å². The monoisotopic (exact) mass is 329 g/mol. The molecule has 0 atom stereocenters. The van der Waals surface area contributed by atoms with Gasteiger partial charge in [0.1, 0.15) is 5.69 Å². The highest BCUT2D eigenvalue weighted by molar-refractivity contribution is 6.30. The molecule has 23 heavy (non-hydrogen) atoms. The highest BCUT2D eigenvalue weighted by Crippen LogP contribution is 2.17. The van der Waals surface area contributed by atoms with Crippen LogP contribution < -0.4 is 0 Å². The van der Waals surface area contributed by atoms with Crippen molar-refractivity contribution in [3.05, 3.63) is 52.6 Å². The quantitative estimate of drug-likeness (QED) is 0.756. The molecule has 118 valence electrons. The molecule has 0 N–H and O–H groups in total. The van der Waals surface area contributed by atoms with E-state index in [2.05, 4.69) is 21.4 Å². The maximum absolute atomic E-state index is 11.8. The van der Waals surface area contributed by atoms with Crippen LogP contribution in [0.5, 0.6) is 0 Å². The Balaban J connectivity index is 1.78. The van der Waals surface area contributed by atoms with Gasteiger partial charge in [-0.05, 0) is 43.0 Å². The first-order chi connectivity index (χ1) is 11.2. The molecule has 0 aromatic carbocycles. The molecule has 0 radical (unpaired) electrons. The molecule has 0 fully saturated rings. The van der Waals surface area contributed by atoms with Gasteiger partial charge in [0.15, 0.2) is 0 Å². The fourth-order valence-electron chi connectivity index (χ4n) is 2.49. The van der Waals surface area contributed by atoms with Crippen molar-refractivity contribution in [1.29, 1.82) is 0 Å². The summed E-state index contributed by atoms with van der Waals surface area (Å²) in [5.41, 5.74) is 2.59. The van der Waals surface area contributed by atoms with E-state index in [1.807, 2.05) is 19.1 Å². The van der Waals surface area contributed by atoms with Crippen molar-refractivity contribution >= 4 is 17.7 Å². The summed E-state index contributed by atoms with van der Waals surface area (Å²) >= 11 is 5.93. The molecule has 0 bridgehead atoms. The third-order valence-electron chi connectivity index (χ3n) is 3.58. The zero-order valence-corrected chi connectivity index (χ0v) is 13.5. The Morgan fingerprint density at radius 3 is 3.00 bits per heavy atom. The molecule has 1 aliphatic heterocycles. The van der Waals surface area contributed by atoms with Gasteiger partial charge in [0.25, 0.3) is 0 Å². The van der Waals surface area contributed by atoms with Gasteiger partial charge in [-0.2, -0.15) is 0 Å². The van der Waals surface area contributed by atoms with E-state index in [0.717, 1.165) is 11.4 Å². The summed E-state index contributed by atoms with van der Waals surface area (Å²) in [6, 6.07) is 7.40. The Morgan fingerprint density at radius 2 is 2.22 bits per heavy atom. The van der Waals surface area contributed by atoms with Crippen molar-refractivity contribution in [2.24, 2.45) is 0 Å². The molecule has 6 heteroatoms. The lowest BCUT2D eigenvalue weighted by Gasteiger charge is -2.28. The summed E-state index contributed by atoms with van der Waals surface area (Å²) in [5.74, 6) is 6.14. The number of fused-ring (bicyclic) bond motifs is 1. The van der Waals surface area contributed by atoms with Crippen LogP contribution in [-0.2, 0) is 17.8 Å². The van der Waals surface area contributed by atoms with E-state index in [1.165, 1.54) is 0 Å². The van der Waals surface area contributed by atoms with E-state index in [-0.39, 0.29) is 6.09 Å². The molecule has 0 saturated carbocycles. The highest BCUT2D eigenvalue weighted by Gasteiger charge is 2.22. The number of aromatic nitrogens is 2. The number of pyridine rings is 1. The smallest absolute Gasteiger partial charge is 0.410 e. The zero-order chi connectivity index (χ0) is 16.2. The number of amides is 1. The minimum Gasteiger partial charge on any atom is -0.450 e. The van der Waals surface area contributed by atoms with Crippen LogP contribution in [0.3, 0.4) is 0 Å². The third kappa shape index (κ3) is 3.49. The van der Waals surface area contributed by atoms with Crippen molar-refractivity contribution in [2.45, 2.75) is 20.0 Å². The first-order valence-electron chi connectivity index (χ1n) is 7.41. The van der Waals surface area contributed by atoms with Gasteiger partial charge in [0.05, 0.1) is 18.8 Å². The lowest BCUT2D eigenvalue weighted by molar-refractivity contribution is 0.0970. The summed E-state index contributed by atoms with van der Waals surface area (Å²) in [6.45, 7) is 4.05. The molecule has 1 amide bonds. The molecule has 0 spiro atoms. The van der Waals surface area contributed by atoms with Gasteiger partial charge in [0, 0.05) is 30.0 Å². The van der Waals surface area contributed by atoms with Gasteiger partial charge in [-0.15, -0.1) is 0 Å². The lowest BCUT2D eigenvalue weighted by Crippen LogP contribution is -2.38. The molecular weight excluding hydrogens is 314 g/mol. The zero-order valence-electron chi connectivity index (χ0n) is 12.8. The Hall–Kier alpha value is -2.45. The number of carbonyl (C=O) groups excluding carboxylic acids is 1. The fourth-order valence-corrected chi connectivity index (χ4v) is 2.65. The van der Waals surface area contributed by atoms with Crippen molar-refractivity contribution < 1.29 is 9.53 Å². The average molecular weight is 330 g/mol. The van der Waals surface area contributed by atoms with Gasteiger partial charge in [-0.3, -0.25) is 0 Å². The number of ether oxygens (including phenoxy) is 1. The van der Waals surface area contributed by atoms with Crippen molar-refractivity contribution in [3.63, 3.8) is 0 Å². The van der Waals surface area contributed by atoms with E-state index >= 15 is 0 Å². The van der Waals surface area contributed by atoms with Crippen molar-refractivity contribution in [1.82, 2.24) is 14.5 Å². The van der Waals surface area contributed by atoms with Crippen molar-refractivity contribution in [2.75, 3.05) is 13.2 Å². The minimum atomic E-state index is -0.268. The molecule has 3 heterocycles. The van der Waals surface area contributed by atoms with Gasteiger partial charge >= 0.3 is 6.09 Å². The Morgan fingerprint density at radius 1 is 1.35 bits per heavy atom. The first kappa shape index (κ1) is 15.4. The largest absolute Gasteiger partial charge is 0.450 e. The highest BCUT2D eigenvalue weighted by atomic mass is 35.5. The van der Waals surface area contributed by atoms with Crippen LogP contribution in [-0.4, -0.2) is 33.7 Å². The van der Waals surface area contributed by atoms with E-state index < -0.39 is 0 Å². The minimum absolute atomic E-state index is 0.268. The van der Waals surface area contributed by atoms with Crippen molar-refractivity contribution in [3.8, 4) is 11.8 Å². The summed E-state index contributed by atoms with van der Waals surface area (Å²) < 4.78 is 7.17. The Kier molecular flexibility index (Phi) is 4.54. The maximum Gasteiger partial charge on any atom is 0.410 e. The number of nitrogens with zero attached hydrogens (tertiary/aromatic N) is 3. The van der Waals surface area contributed by atoms with Crippen LogP contribution in [0.15, 0.2) is 30.5 Å². The molecule has 2 aromatic heterocycles. The Bertz CT molecular complexity index is 789. The topological polar surface area (TPSA) is 47.4 Å². The lowest BCUT2D eigenvalue weighted by atomic mass is 10.3. The maximum atomic E-state index is 11.8. The third-order valence-corrected chi connectivity index (χ3v) is 3.82. The first-order valence-corrected chi connectivity index (χ1v) is 7.79. The van der Waals surface area contributed by atoms with Crippen LogP contribution in [0.4, 0.5) is 4.79 Å². The van der Waals surface area contributed by atoms with E-state index in [0.29, 0.717) is 37.0 Å². The summed E-state index contributed by atoms with van der Waals surface area (Å²) in [7, 11) is 0. The fraction of sp³-hybridized carbons (Fsp3) is 0.294.